The molecule has 0 amide bonds. The van der Waals surface area contributed by atoms with Crippen molar-refractivity contribution in [2.24, 2.45) is 0 Å². The van der Waals surface area contributed by atoms with E-state index in [9.17, 15) is 8.42 Å². The summed E-state index contributed by atoms with van der Waals surface area (Å²) in [5.41, 5.74) is 0. The van der Waals surface area contributed by atoms with E-state index in [0.717, 1.165) is 19.5 Å². The van der Waals surface area contributed by atoms with E-state index in [1.807, 2.05) is 0 Å². The fraction of sp³-hybridized carbons (Fsp3) is 1.00. The van der Waals surface area contributed by atoms with E-state index in [0.29, 0.717) is 19.0 Å². The first-order valence-electron chi connectivity index (χ1n) is 7.59. The van der Waals surface area contributed by atoms with Crippen molar-refractivity contribution in [1.29, 1.82) is 0 Å². The summed E-state index contributed by atoms with van der Waals surface area (Å²) in [4.78, 5) is 2.41. The van der Waals surface area contributed by atoms with Crippen LogP contribution in [-0.4, -0.2) is 57.8 Å². The normalized spacial score (nSPS) is 21.1. The molecule has 0 atom stereocenters. The molecule has 0 radical (unpaired) electrons. The third-order valence-corrected chi connectivity index (χ3v) is 5.24. The van der Waals surface area contributed by atoms with Crippen LogP contribution < -0.4 is 10.0 Å². The Bertz CT molecular complexity index is 349. The number of nitrogens with zero attached hydrogens (tertiary/aromatic N) is 1. The molecule has 0 aromatic heterocycles. The van der Waals surface area contributed by atoms with Crippen molar-refractivity contribution in [3.8, 4) is 0 Å². The Hall–Kier alpha value is -0.170. The molecule has 2 N–H and O–H groups in total. The van der Waals surface area contributed by atoms with Gasteiger partial charge < -0.3 is 10.2 Å². The van der Waals surface area contributed by atoms with Gasteiger partial charge in [-0.1, -0.05) is 0 Å². The van der Waals surface area contributed by atoms with Crippen LogP contribution in [0.2, 0.25) is 0 Å². The highest BCUT2D eigenvalue weighted by Crippen LogP contribution is 2.18. The zero-order valence-electron chi connectivity index (χ0n) is 11.7. The van der Waals surface area contributed by atoms with Crippen molar-refractivity contribution in [3.63, 3.8) is 0 Å². The Morgan fingerprint density at radius 3 is 2.47 bits per heavy atom. The van der Waals surface area contributed by atoms with Gasteiger partial charge in [-0.3, -0.25) is 0 Å². The first kappa shape index (κ1) is 15.2. The molecular formula is C13H27N3O2S. The molecule has 2 aliphatic rings. The Labute approximate surface area is 117 Å². The molecule has 1 aliphatic heterocycles. The van der Waals surface area contributed by atoms with E-state index in [2.05, 4.69) is 14.9 Å². The molecule has 0 unspecified atom stereocenters. The molecule has 0 aromatic carbocycles. The molecule has 1 saturated heterocycles. The molecule has 1 saturated carbocycles. The number of rotatable bonds is 10. The summed E-state index contributed by atoms with van der Waals surface area (Å²) in [7, 11) is -3.06. The summed E-state index contributed by atoms with van der Waals surface area (Å²) < 4.78 is 26.2. The van der Waals surface area contributed by atoms with Crippen LogP contribution in [0.1, 0.15) is 38.5 Å². The summed E-state index contributed by atoms with van der Waals surface area (Å²) in [5.74, 6) is 0.246. The molecule has 0 bridgehead atoms. The average Bonchev–Trinajstić information content (AvgIpc) is 3.05. The van der Waals surface area contributed by atoms with Crippen molar-refractivity contribution in [2.75, 3.05) is 38.5 Å². The van der Waals surface area contributed by atoms with Crippen LogP contribution >= 0.6 is 0 Å². The largest absolute Gasteiger partial charge is 0.314 e. The summed E-state index contributed by atoms with van der Waals surface area (Å²) in [6, 6.07) is 0.663. The van der Waals surface area contributed by atoms with Crippen LogP contribution in [0.3, 0.4) is 0 Å². The lowest BCUT2D eigenvalue weighted by Crippen LogP contribution is -2.31. The number of nitrogens with one attached hydrogen (secondary N) is 2. The molecule has 2 rings (SSSR count). The molecule has 0 aromatic rings. The van der Waals surface area contributed by atoms with Crippen molar-refractivity contribution in [2.45, 2.75) is 44.6 Å². The van der Waals surface area contributed by atoms with E-state index in [-0.39, 0.29) is 5.75 Å². The van der Waals surface area contributed by atoms with E-state index < -0.39 is 10.0 Å². The molecule has 19 heavy (non-hydrogen) atoms. The highest BCUT2D eigenvalue weighted by atomic mass is 32.2. The van der Waals surface area contributed by atoms with Crippen molar-refractivity contribution >= 4 is 10.0 Å². The Kier molecular flexibility index (Phi) is 6.06. The Morgan fingerprint density at radius 2 is 1.79 bits per heavy atom. The van der Waals surface area contributed by atoms with E-state index in [1.54, 1.807) is 0 Å². The van der Waals surface area contributed by atoms with Gasteiger partial charge in [0.05, 0.1) is 5.75 Å². The second-order valence-electron chi connectivity index (χ2n) is 5.70. The monoisotopic (exact) mass is 289 g/mol. The van der Waals surface area contributed by atoms with Crippen molar-refractivity contribution in [3.05, 3.63) is 0 Å². The van der Waals surface area contributed by atoms with Crippen LogP contribution in [0.25, 0.3) is 0 Å². The molecule has 5 nitrogen and oxygen atoms in total. The van der Waals surface area contributed by atoms with Gasteiger partial charge in [0.15, 0.2) is 0 Å². The maximum atomic E-state index is 11.7. The van der Waals surface area contributed by atoms with E-state index in [4.69, 9.17) is 0 Å². The number of sulfonamides is 1. The second kappa shape index (κ2) is 7.57. The average molecular weight is 289 g/mol. The highest BCUT2D eigenvalue weighted by Gasteiger charge is 2.20. The number of hydrogen-bond acceptors (Lipinski definition) is 4. The maximum absolute atomic E-state index is 11.7. The maximum Gasteiger partial charge on any atom is 0.211 e. The highest BCUT2D eigenvalue weighted by molar-refractivity contribution is 7.89. The minimum Gasteiger partial charge on any atom is -0.314 e. The van der Waals surface area contributed by atoms with Crippen LogP contribution in [-0.2, 0) is 10.0 Å². The predicted molar refractivity (Wildman–Crippen MR) is 77.7 cm³/mol. The third-order valence-electron chi connectivity index (χ3n) is 3.77. The topological polar surface area (TPSA) is 61.4 Å². The summed E-state index contributed by atoms with van der Waals surface area (Å²) in [5, 5.41) is 3.33. The van der Waals surface area contributed by atoms with Gasteiger partial charge in [0.1, 0.15) is 0 Å². The fourth-order valence-electron chi connectivity index (χ4n) is 2.46. The number of hydrogen-bond donors (Lipinski definition) is 2. The van der Waals surface area contributed by atoms with E-state index >= 15 is 0 Å². The molecule has 6 heteroatoms. The van der Waals surface area contributed by atoms with Crippen LogP contribution in [0.5, 0.6) is 0 Å². The number of likely N-dealkylation sites (tertiary alicyclic amines) is 1. The molecule has 112 valence electrons. The van der Waals surface area contributed by atoms with Gasteiger partial charge in [-0.15, -0.1) is 0 Å². The van der Waals surface area contributed by atoms with Crippen LogP contribution in [0.15, 0.2) is 0 Å². The van der Waals surface area contributed by atoms with Crippen LogP contribution in [0, 0.1) is 0 Å². The van der Waals surface area contributed by atoms with Gasteiger partial charge in [-0.25, -0.2) is 13.1 Å². The van der Waals surface area contributed by atoms with Gasteiger partial charge in [-0.2, -0.15) is 0 Å². The van der Waals surface area contributed by atoms with E-state index in [1.165, 1.54) is 38.8 Å². The lowest BCUT2D eigenvalue weighted by atomic mass is 10.4. The van der Waals surface area contributed by atoms with Gasteiger partial charge in [0.2, 0.25) is 10.0 Å². The van der Waals surface area contributed by atoms with Gasteiger partial charge in [-0.05, 0) is 64.7 Å². The van der Waals surface area contributed by atoms with Gasteiger partial charge in [0, 0.05) is 12.6 Å². The van der Waals surface area contributed by atoms with Crippen molar-refractivity contribution in [1.82, 2.24) is 14.9 Å². The smallest absolute Gasteiger partial charge is 0.211 e. The first-order chi connectivity index (χ1) is 9.16. The van der Waals surface area contributed by atoms with Crippen LogP contribution in [0.4, 0.5) is 0 Å². The molecule has 2 fully saturated rings. The summed E-state index contributed by atoms with van der Waals surface area (Å²) >= 11 is 0. The zero-order chi connectivity index (χ0) is 13.6. The molecule has 1 aliphatic carbocycles. The SMILES string of the molecule is O=S(=O)(CCCNC1CC1)NCCCN1CCCC1. The Morgan fingerprint density at radius 1 is 1.05 bits per heavy atom. The Balaban J connectivity index is 1.47. The zero-order valence-corrected chi connectivity index (χ0v) is 12.6. The second-order valence-corrected chi connectivity index (χ2v) is 7.62. The first-order valence-corrected chi connectivity index (χ1v) is 9.24. The van der Waals surface area contributed by atoms with Crippen molar-refractivity contribution < 1.29 is 8.42 Å². The summed E-state index contributed by atoms with van der Waals surface area (Å²) in [6.45, 7) is 4.78. The molecular weight excluding hydrogens is 262 g/mol. The fourth-order valence-corrected chi connectivity index (χ4v) is 3.59. The minimum absolute atomic E-state index is 0.246. The minimum atomic E-state index is -3.06. The van der Waals surface area contributed by atoms with Gasteiger partial charge in [0.25, 0.3) is 0 Å². The summed E-state index contributed by atoms with van der Waals surface area (Å²) in [6.07, 6.45) is 6.71. The standard InChI is InChI=1S/C13H27N3O2S/c17-19(18,12-4-7-14-13-5-6-13)15-8-3-11-16-9-1-2-10-16/h13-15H,1-12H2. The van der Waals surface area contributed by atoms with Gasteiger partial charge >= 0.3 is 0 Å². The lowest BCUT2D eigenvalue weighted by molar-refractivity contribution is 0.334. The predicted octanol–water partition coefficient (Wildman–Crippen LogP) is 0.534. The quantitative estimate of drug-likeness (QED) is 0.576. The third kappa shape index (κ3) is 6.70. The lowest BCUT2D eigenvalue weighted by Gasteiger charge is -2.14. The molecule has 0 spiro atoms. The molecule has 1 heterocycles.